The maximum Gasteiger partial charge on any atom is 0.330 e. The number of benzene rings is 2. The number of aryl methyl sites for hydroxylation is 1. The van der Waals surface area contributed by atoms with E-state index in [9.17, 15) is 19.2 Å². The van der Waals surface area contributed by atoms with E-state index >= 15 is 0 Å². The van der Waals surface area contributed by atoms with Crippen LogP contribution in [0.15, 0.2) is 64.3 Å². The number of amides is 2. The average molecular weight is 586 g/mol. The van der Waals surface area contributed by atoms with Crippen molar-refractivity contribution < 1.29 is 9.59 Å². The lowest BCUT2D eigenvalue weighted by Gasteiger charge is -2.35. The Labute approximate surface area is 247 Å². The minimum absolute atomic E-state index is 0.156. The summed E-state index contributed by atoms with van der Waals surface area (Å²) in [4.78, 5) is 53.4. The van der Waals surface area contributed by atoms with E-state index in [0.29, 0.717) is 53.5 Å². The van der Waals surface area contributed by atoms with Gasteiger partial charge in [0, 0.05) is 43.9 Å². The van der Waals surface area contributed by atoms with Crippen LogP contribution in [0.4, 0.5) is 5.69 Å². The van der Waals surface area contributed by atoms with Crippen LogP contribution in [-0.2, 0) is 30.1 Å². The van der Waals surface area contributed by atoms with E-state index in [1.165, 1.54) is 22.7 Å². The van der Waals surface area contributed by atoms with Gasteiger partial charge in [-0.3, -0.25) is 23.9 Å². The smallest absolute Gasteiger partial charge is 0.330 e. The predicted molar refractivity (Wildman–Crippen MR) is 161 cm³/mol. The number of hydrogen-bond acceptors (Lipinski definition) is 8. The lowest BCUT2D eigenvalue weighted by Crippen LogP contribution is -2.52. The summed E-state index contributed by atoms with van der Waals surface area (Å²) in [6.07, 6.45) is 4.75. The summed E-state index contributed by atoms with van der Waals surface area (Å²) >= 11 is 0. The van der Waals surface area contributed by atoms with Crippen molar-refractivity contribution in [3.05, 3.63) is 81.1 Å². The molecule has 0 saturated heterocycles. The zero-order valence-corrected chi connectivity index (χ0v) is 24.1. The second-order valence-corrected chi connectivity index (χ2v) is 11.1. The largest absolute Gasteiger partial charge is 0.368 e. The van der Waals surface area contributed by atoms with Crippen LogP contribution in [0.25, 0.3) is 22.5 Å². The number of tetrazole rings is 1. The fourth-order valence-corrected chi connectivity index (χ4v) is 5.73. The van der Waals surface area contributed by atoms with Gasteiger partial charge in [0.05, 0.1) is 5.56 Å². The van der Waals surface area contributed by atoms with Crippen molar-refractivity contribution in [3.63, 3.8) is 0 Å². The molecule has 2 heterocycles. The van der Waals surface area contributed by atoms with Crippen LogP contribution in [0.3, 0.4) is 0 Å². The number of anilines is 1. The van der Waals surface area contributed by atoms with Crippen molar-refractivity contribution in [1.29, 1.82) is 0 Å². The molecular weight excluding hydrogens is 550 g/mol. The van der Waals surface area contributed by atoms with Gasteiger partial charge in [-0.2, -0.15) is 5.21 Å². The molecule has 5 rings (SSSR count). The Kier molecular flexibility index (Phi) is 8.62. The number of H-pyrrole nitrogens is 1. The SMILES string of the molecule is Cn1cc(-c2ccc(C[C@@H](C(N)=O)N(C(=O)C3CCC(CN)CC3)c3ccc(-c4nn[nH]n4)cc3)cc2)c(=O)n(C)c1=O. The van der Waals surface area contributed by atoms with Crippen LogP contribution in [0.5, 0.6) is 0 Å². The van der Waals surface area contributed by atoms with Gasteiger partial charge in [-0.1, -0.05) is 24.3 Å². The van der Waals surface area contributed by atoms with Crippen molar-refractivity contribution in [1.82, 2.24) is 29.8 Å². The van der Waals surface area contributed by atoms with Crippen molar-refractivity contribution in [2.75, 3.05) is 11.4 Å². The topological polar surface area (TPSA) is 188 Å². The van der Waals surface area contributed by atoms with Crippen molar-refractivity contribution in [3.8, 4) is 22.5 Å². The molecule has 0 aliphatic heterocycles. The maximum atomic E-state index is 14.1. The number of carbonyl (C=O) groups excluding carboxylic acids is 2. The van der Waals surface area contributed by atoms with Crippen molar-refractivity contribution >= 4 is 17.5 Å². The van der Waals surface area contributed by atoms with E-state index in [4.69, 9.17) is 11.5 Å². The maximum absolute atomic E-state index is 14.1. The normalized spacial score (nSPS) is 17.4. The molecule has 1 aliphatic rings. The number of carbonyl (C=O) groups is 2. The molecule has 0 bridgehead atoms. The van der Waals surface area contributed by atoms with Crippen LogP contribution in [0.2, 0.25) is 0 Å². The van der Waals surface area contributed by atoms with E-state index in [1.54, 1.807) is 55.6 Å². The lowest BCUT2D eigenvalue weighted by molar-refractivity contribution is -0.127. The summed E-state index contributed by atoms with van der Waals surface area (Å²) in [5.41, 5.74) is 14.0. The first kappa shape index (κ1) is 29.6. The third-order valence-electron chi connectivity index (χ3n) is 8.30. The number of hydrogen-bond donors (Lipinski definition) is 3. The Morgan fingerprint density at radius 2 is 1.65 bits per heavy atom. The first-order valence-electron chi connectivity index (χ1n) is 14.2. The number of aromatic amines is 1. The van der Waals surface area contributed by atoms with E-state index in [2.05, 4.69) is 20.6 Å². The number of nitrogens with zero attached hydrogens (tertiary/aromatic N) is 6. The number of primary amides is 1. The molecule has 0 radical (unpaired) electrons. The van der Waals surface area contributed by atoms with Gasteiger partial charge < -0.3 is 16.0 Å². The highest BCUT2D eigenvalue weighted by molar-refractivity contribution is 6.01. The second kappa shape index (κ2) is 12.5. The molecule has 43 heavy (non-hydrogen) atoms. The van der Waals surface area contributed by atoms with Crippen LogP contribution < -0.4 is 27.6 Å². The van der Waals surface area contributed by atoms with Gasteiger partial charge in [0.25, 0.3) is 5.56 Å². The van der Waals surface area contributed by atoms with Gasteiger partial charge in [0.2, 0.25) is 17.6 Å². The molecule has 1 aliphatic carbocycles. The Morgan fingerprint density at radius 1 is 1.00 bits per heavy atom. The van der Waals surface area contributed by atoms with Gasteiger partial charge in [-0.25, -0.2) is 4.79 Å². The third kappa shape index (κ3) is 6.16. The first-order valence-corrected chi connectivity index (χ1v) is 14.2. The minimum Gasteiger partial charge on any atom is -0.368 e. The zero-order valence-electron chi connectivity index (χ0n) is 24.1. The molecular formula is C30H35N9O4. The number of aromatic nitrogens is 6. The van der Waals surface area contributed by atoms with Crippen molar-refractivity contribution in [2.24, 2.45) is 37.4 Å². The molecule has 2 aromatic carbocycles. The fraction of sp³-hybridized carbons (Fsp3) is 0.367. The second-order valence-electron chi connectivity index (χ2n) is 11.1. The molecule has 224 valence electrons. The highest BCUT2D eigenvalue weighted by atomic mass is 16.2. The van der Waals surface area contributed by atoms with Crippen LogP contribution in [0.1, 0.15) is 31.2 Å². The first-order chi connectivity index (χ1) is 20.7. The Bertz CT molecular complexity index is 1700. The predicted octanol–water partition coefficient (Wildman–Crippen LogP) is 1.13. The van der Waals surface area contributed by atoms with E-state index in [0.717, 1.165) is 23.0 Å². The van der Waals surface area contributed by atoms with E-state index in [-0.39, 0.29) is 18.2 Å². The molecule has 0 spiro atoms. The fourth-order valence-electron chi connectivity index (χ4n) is 5.73. The summed E-state index contributed by atoms with van der Waals surface area (Å²) in [5.74, 6) is -0.255. The summed E-state index contributed by atoms with van der Waals surface area (Å²) in [5, 5.41) is 14.0. The molecule has 0 unspecified atom stereocenters. The Hall–Kier alpha value is -4.91. The standard InChI is InChI=1S/C30H35N9O4/c1-37-17-24(29(42)38(2)30(37)43)20-7-3-18(4-8-20)15-25(26(32)40)39(28(41)22-9-5-19(16-31)6-10-22)23-13-11-21(12-14-23)27-33-35-36-34-27/h3-4,7-8,11-14,17,19,22,25H,5-6,9-10,15-16,31H2,1-2H3,(H2,32,40)(H,33,34,35,36)/t19?,22?,25-/m0/s1. The Balaban J connectivity index is 1.46. The van der Waals surface area contributed by atoms with Gasteiger partial charge in [-0.05, 0) is 78.8 Å². The summed E-state index contributed by atoms with van der Waals surface area (Å²) in [6, 6.07) is 13.2. The minimum atomic E-state index is -0.966. The molecule has 2 aromatic heterocycles. The zero-order chi connectivity index (χ0) is 30.7. The van der Waals surface area contributed by atoms with Gasteiger partial charge in [0.1, 0.15) is 6.04 Å². The molecule has 1 atom stereocenters. The highest BCUT2D eigenvalue weighted by Gasteiger charge is 2.36. The summed E-state index contributed by atoms with van der Waals surface area (Å²) in [6.45, 7) is 0.591. The number of rotatable bonds is 9. The summed E-state index contributed by atoms with van der Waals surface area (Å²) < 4.78 is 2.41. The van der Waals surface area contributed by atoms with E-state index in [1.807, 2.05) is 0 Å². The average Bonchev–Trinajstić information content (AvgIpc) is 3.57. The molecule has 1 fully saturated rings. The molecule has 5 N–H and O–H groups in total. The molecule has 4 aromatic rings. The van der Waals surface area contributed by atoms with Gasteiger partial charge >= 0.3 is 5.69 Å². The van der Waals surface area contributed by atoms with Crippen LogP contribution in [-0.4, -0.2) is 54.2 Å². The molecule has 13 nitrogen and oxygen atoms in total. The molecule has 2 amide bonds. The van der Waals surface area contributed by atoms with Gasteiger partial charge in [0.15, 0.2) is 0 Å². The van der Waals surface area contributed by atoms with E-state index < -0.39 is 23.2 Å². The lowest BCUT2D eigenvalue weighted by atomic mass is 9.81. The van der Waals surface area contributed by atoms with Crippen molar-refractivity contribution in [2.45, 2.75) is 38.1 Å². The monoisotopic (exact) mass is 585 g/mol. The Morgan fingerprint density at radius 3 is 2.23 bits per heavy atom. The number of nitrogens with two attached hydrogens (primary N) is 2. The molecule has 1 saturated carbocycles. The molecule has 13 heteroatoms. The highest BCUT2D eigenvalue weighted by Crippen LogP contribution is 2.33. The quantitative estimate of drug-likeness (QED) is 0.261. The third-order valence-corrected chi connectivity index (χ3v) is 8.30. The van der Waals surface area contributed by atoms with Crippen LogP contribution in [0, 0.1) is 11.8 Å². The van der Waals surface area contributed by atoms with Crippen LogP contribution >= 0.6 is 0 Å². The summed E-state index contributed by atoms with van der Waals surface area (Å²) in [7, 11) is 3.02. The van der Waals surface area contributed by atoms with Gasteiger partial charge in [-0.15, -0.1) is 10.2 Å². The number of nitrogens with one attached hydrogen (secondary N) is 1.